The molecule has 3 aromatic carbocycles. The third-order valence-corrected chi connectivity index (χ3v) is 6.97. The SMILES string of the molecule is CC(C)(C)C(=O)NCc1ccc(C(F)(F)F)c(C(=O)Nc2ccc3c(N4CCC4)nc(-c4ccccc4F)nc3c2)c1. The van der Waals surface area contributed by atoms with Crippen LogP contribution in [0.4, 0.5) is 29.1 Å². The number of fused-ring (bicyclic) bond motifs is 1. The zero-order chi connectivity index (χ0) is 30.2. The fraction of sp³-hybridized carbons (Fsp3) is 0.290. The van der Waals surface area contributed by atoms with Gasteiger partial charge >= 0.3 is 6.18 Å². The Kier molecular flexibility index (Phi) is 7.61. The average Bonchev–Trinajstić information content (AvgIpc) is 2.89. The first-order valence-corrected chi connectivity index (χ1v) is 13.4. The second kappa shape index (κ2) is 11.0. The number of alkyl halides is 3. The highest BCUT2D eigenvalue weighted by molar-refractivity contribution is 6.06. The minimum absolute atomic E-state index is 0.0421. The van der Waals surface area contributed by atoms with E-state index in [-0.39, 0.29) is 29.5 Å². The van der Waals surface area contributed by atoms with E-state index >= 15 is 0 Å². The summed E-state index contributed by atoms with van der Waals surface area (Å²) in [6.45, 7) is 6.65. The number of anilines is 2. The lowest BCUT2D eigenvalue weighted by Crippen LogP contribution is -2.37. The highest BCUT2D eigenvalue weighted by atomic mass is 19.4. The Morgan fingerprint density at radius 2 is 1.69 bits per heavy atom. The first-order valence-electron chi connectivity index (χ1n) is 13.4. The molecular weight excluding hydrogens is 550 g/mol. The lowest BCUT2D eigenvalue weighted by atomic mass is 9.95. The zero-order valence-electron chi connectivity index (χ0n) is 23.3. The molecule has 7 nitrogen and oxygen atoms in total. The van der Waals surface area contributed by atoms with Gasteiger partial charge in [-0.25, -0.2) is 14.4 Å². The third-order valence-electron chi connectivity index (χ3n) is 6.97. The predicted molar refractivity (Wildman–Crippen MR) is 152 cm³/mol. The minimum atomic E-state index is -4.78. The molecule has 0 aliphatic carbocycles. The van der Waals surface area contributed by atoms with Crippen LogP contribution in [-0.4, -0.2) is 34.9 Å². The number of carbonyl (C=O) groups is 2. The topological polar surface area (TPSA) is 87.2 Å². The summed E-state index contributed by atoms with van der Waals surface area (Å²) in [5, 5.41) is 5.90. The van der Waals surface area contributed by atoms with Crippen LogP contribution >= 0.6 is 0 Å². The van der Waals surface area contributed by atoms with Crippen molar-refractivity contribution in [3.63, 3.8) is 0 Å². The lowest BCUT2D eigenvalue weighted by Gasteiger charge is -2.33. The van der Waals surface area contributed by atoms with E-state index in [9.17, 15) is 27.2 Å². The van der Waals surface area contributed by atoms with Crippen LogP contribution < -0.4 is 15.5 Å². The van der Waals surface area contributed by atoms with Crippen molar-refractivity contribution in [2.45, 2.75) is 39.9 Å². The van der Waals surface area contributed by atoms with Gasteiger partial charge in [0.25, 0.3) is 5.91 Å². The highest BCUT2D eigenvalue weighted by Crippen LogP contribution is 2.35. The summed E-state index contributed by atoms with van der Waals surface area (Å²) in [6, 6.07) is 14.1. The normalized spacial score (nSPS) is 13.5. The Morgan fingerprint density at radius 1 is 0.952 bits per heavy atom. The first-order chi connectivity index (χ1) is 19.8. The highest BCUT2D eigenvalue weighted by Gasteiger charge is 2.35. The van der Waals surface area contributed by atoms with E-state index in [4.69, 9.17) is 0 Å². The first kappa shape index (κ1) is 29.0. The van der Waals surface area contributed by atoms with Gasteiger partial charge in [0, 0.05) is 36.1 Å². The molecule has 0 spiro atoms. The second-order valence-electron chi connectivity index (χ2n) is 11.2. The number of nitrogens with one attached hydrogen (secondary N) is 2. The van der Waals surface area contributed by atoms with Crippen LogP contribution in [0.25, 0.3) is 22.3 Å². The van der Waals surface area contributed by atoms with Crippen molar-refractivity contribution in [1.29, 1.82) is 0 Å². The molecule has 2 heterocycles. The molecule has 0 bridgehead atoms. The summed E-state index contributed by atoms with van der Waals surface area (Å²) in [5.41, 5.74) is -1.21. The molecule has 0 unspecified atom stereocenters. The molecule has 218 valence electrons. The molecule has 1 saturated heterocycles. The van der Waals surface area contributed by atoms with Crippen LogP contribution in [0.5, 0.6) is 0 Å². The molecule has 0 atom stereocenters. The van der Waals surface area contributed by atoms with E-state index in [0.29, 0.717) is 22.3 Å². The van der Waals surface area contributed by atoms with Gasteiger partial charge in [0.15, 0.2) is 5.82 Å². The average molecular weight is 580 g/mol. The van der Waals surface area contributed by atoms with Crippen molar-refractivity contribution in [1.82, 2.24) is 15.3 Å². The van der Waals surface area contributed by atoms with Gasteiger partial charge in [-0.2, -0.15) is 13.2 Å². The molecule has 4 aromatic rings. The summed E-state index contributed by atoms with van der Waals surface area (Å²) >= 11 is 0. The predicted octanol–water partition coefficient (Wildman–Crippen LogP) is 6.58. The van der Waals surface area contributed by atoms with Gasteiger partial charge in [-0.15, -0.1) is 0 Å². The smallest absolute Gasteiger partial charge is 0.356 e. The van der Waals surface area contributed by atoms with Crippen molar-refractivity contribution in [3.8, 4) is 11.4 Å². The Bertz CT molecular complexity index is 1680. The zero-order valence-corrected chi connectivity index (χ0v) is 23.3. The van der Waals surface area contributed by atoms with Crippen LogP contribution in [0.1, 0.15) is 48.7 Å². The summed E-state index contributed by atoms with van der Waals surface area (Å²) in [5.74, 6) is -0.966. The van der Waals surface area contributed by atoms with Crippen molar-refractivity contribution >= 4 is 34.2 Å². The maximum Gasteiger partial charge on any atom is 0.417 e. The maximum atomic E-state index is 14.6. The number of nitrogens with zero attached hydrogens (tertiary/aromatic N) is 3. The molecule has 0 radical (unpaired) electrons. The largest absolute Gasteiger partial charge is 0.417 e. The van der Waals surface area contributed by atoms with Gasteiger partial charge in [0.1, 0.15) is 11.6 Å². The quantitative estimate of drug-likeness (QED) is 0.252. The Hall–Kier alpha value is -4.54. The summed E-state index contributed by atoms with van der Waals surface area (Å²) in [6.07, 6.45) is -3.80. The number of carbonyl (C=O) groups excluding carboxylic acids is 2. The molecule has 42 heavy (non-hydrogen) atoms. The number of amides is 2. The van der Waals surface area contributed by atoms with Crippen LogP contribution in [0.2, 0.25) is 0 Å². The summed E-state index contributed by atoms with van der Waals surface area (Å²) in [7, 11) is 0. The van der Waals surface area contributed by atoms with Gasteiger partial charge in [-0.05, 0) is 54.4 Å². The minimum Gasteiger partial charge on any atom is -0.356 e. The molecule has 1 aliphatic rings. The fourth-order valence-electron chi connectivity index (χ4n) is 4.51. The number of benzene rings is 3. The van der Waals surface area contributed by atoms with Crippen LogP contribution in [0.3, 0.4) is 0 Å². The van der Waals surface area contributed by atoms with Gasteiger partial charge in [-0.1, -0.05) is 39.0 Å². The number of hydrogen-bond acceptors (Lipinski definition) is 5. The van der Waals surface area contributed by atoms with Crippen molar-refractivity contribution in [2.24, 2.45) is 5.41 Å². The Morgan fingerprint density at radius 3 is 2.33 bits per heavy atom. The molecule has 2 N–H and O–H groups in total. The molecule has 2 amide bonds. The maximum absolute atomic E-state index is 14.6. The van der Waals surface area contributed by atoms with Gasteiger partial charge < -0.3 is 15.5 Å². The van der Waals surface area contributed by atoms with Gasteiger partial charge in [-0.3, -0.25) is 9.59 Å². The molecule has 1 aliphatic heterocycles. The van der Waals surface area contributed by atoms with Crippen molar-refractivity contribution < 1.29 is 27.2 Å². The van der Waals surface area contributed by atoms with Crippen LogP contribution in [0.15, 0.2) is 60.7 Å². The number of rotatable bonds is 6. The van der Waals surface area contributed by atoms with Crippen molar-refractivity contribution in [2.75, 3.05) is 23.3 Å². The molecule has 0 saturated carbocycles. The molecular formula is C31H29F4N5O2. The van der Waals surface area contributed by atoms with E-state index in [2.05, 4.69) is 20.6 Å². The Balaban J connectivity index is 1.49. The summed E-state index contributed by atoms with van der Waals surface area (Å²) in [4.78, 5) is 36.7. The molecule has 5 rings (SSSR count). The number of aromatic nitrogens is 2. The summed E-state index contributed by atoms with van der Waals surface area (Å²) < 4.78 is 56.2. The second-order valence-corrected chi connectivity index (χ2v) is 11.2. The van der Waals surface area contributed by atoms with E-state index < -0.39 is 34.4 Å². The molecule has 1 aromatic heterocycles. The molecule has 1 fully saturated rings. The van der Waals surface area contributed by atoms with E-state index in [1.807, 2.05) is 4.90 Å². The van der Waals surface area contributed by atoms with E-state index in [0.717, 1.165) is 31.6 Å². The van der Waals surface area contributed by atoms with Gasteiger partial charge in [0.2, 0.25) is 5.91 Å². The van der Waals surface area contributed by atoms with E-state index in [1.54, 1.807) is 51.1 Å². The standard InChI is InChI=1S/C31H29F4N5O2/c1-30(2,3)29(42)36-17-18-9-12-23(31(33,34)35)22(15-18)28(41)37-19-10-11-21-25(16-19)38-26(20-7-4-5-8-24(20)32)39-27(21)40-13-6-14-40/h4-5,7-12,15-16H,6,13-14,17H2,1-3H3,(H,36,42)(H,37,41). The lowest BCUT2D eigenvalue weighted by molar-refractivity contribution is -0.138. The van der Waals surface area contributed by atoms with Crippen molar-refractivity contribution in [3.05, 3.63) is 83.2 Å². The fourth-order valence-corrected chi connectivity index (χ4v) is 4.51. The van der Waals surface area contributed by atoms with Gasteiger partial charge in [0.05, 0.1) is 22.2 Å². The number of hydrogen-bond donors (Lipinski definition) is 2. The van der Waals surface area contributed by atoms with Crippen LogP contribution in [0, 0.1) is 11.2 Å². The molecule has 11 heteroatoms. The monoisotopic (exact) mass is 579 g/mol. The third kappa shape index (κ3) is 6.05. The Labute approximate surface area is 240 Å². The van der Waals surface area contributed by atoms with E-state index in [1.165, 1.54) is 18.2 Å². The van der Waals surface area contributed by atoms with Crippen LogP contribution in [-0.2, 0) is 17.5 Å². The number of halogens is 4.